The molecule has 1 nitrogen and oxygen atoms in total. The zero-order valence-electron chi connectivity index (χ0n) is 9.19. The molecule has 0 saturated carbocycles. The first-order chi connectivity index (χ1) is 7.61. The van der Waals surface area contributed by atoms with Crippen molar-refractivity contribution in [2.45, 2.75) is 13.0 Å². The lowest BCUT2D eigenvalue weighted by Crippen LogP contribution is -2.24. The Hall–Kier alpha value is -0.680. The van der Waals surface area contributed by atoms with E-state index in [1.54, 1.807) is 0 Å². The maximum absolute atomic E-state index is 13.5. The normalized spacial score (nSPS) is 12.8. The summed E-state index contributed by atoms with van der Waals surface area (Å²) in [6.07, 6.45) is 1.88. The molecule has 1 N–H and O–H groups in total. The van der Waals surface area contributed by atoms with Gasteiger partial charge in [-0.3, -0.25) is 0 Å². The van der Waals surface area contributed by atoms with Crippen LogP contribution in [0.1, 0.15) is 18.5 Å². The number of nitrogens with one attached hydrogen (secondary N) is 1. The van der Waals surface area contributed by atoms with E-state index in [1.807, 2.05) is 13.2 Å². The Kier molecular flexibility index (Phi) is 5.15. The van der Waals surface area contributed by atoms with Gasteiger partial charge in [-0.2, -0.15) is 11.8 Å². The van der Waals surface area contributed by atoms with Crippen LogP contribution in [0.15, 0.2) is 12.1 Å². The SMILES string of the molecule is CCNC(CSC)c1ccc(F)c(F)c1F. The highest BCUT2D eigenvalue weighted by Gasteiger charge is 2.19. The van der Waals surface area contributed by atoms with Gasteiger partial charge in [-0.25, -0.2) is 13.2 Å². The Morgan fingerprint density at radius 2 is 1.94 bits per heavy atom. The molecule has 0 aliphatic rings. The minimum absolute atomic E-state index is 0.176. The van der Waals surface area contributed by atoms with Crippen LogP contribution < -0.4 is 5.32 Å². The minimum Gasteiger partial charge on any atom is -0.309 e. The Morgan fingerprint density at radius 1 is 1.25 bits per heavy atom. The fourth-order valence-electron chi connectivity index (χ4n) is 1.48. The molecule has 90 valence electrons. The summed E-state index contributed by atoms with van der Waals surface area (Å²) in [6, 6.07) is 1.95. The standard InChI is InChI=1S/C11H14F3NS/c1-3-15-9(6-16-2)7-4-5-8(12)11(14)10(7)13/h4-5,9,15H,3,6H2,1-2H3. The fraction of sp³-hybridized carbons (Fsp3) is 0.455. The van der Waals surface area contributed by atoms with Crippen LogP contribution >= 0.6 is 11.8 Å². The second-order valence-corrected chi connectivity index (χ2v) is 4.24. The van der Waals surface area contributed by atoms with Crippen molar-refractivity contribution in [3.63, 3.8) is 0 Å². The van der Waals surface area contributed by atoms with E-state index < -0.39 is 17.5 Å². The van der Waals surface area contributed by atoms with Gasteiger partial charge in [0.05, 0.1) is 0 Å². The monoisotopic (exact) mass is 249 g/mol. The highest BCUT2D eigenvalue weighted by Crippen LogP contribution is 2.23. The minimum atomic E-state index is -1.40. The van der Waals surface area contributed by atoms with Crippen molar-refractivity contribution in [2.24, 2.45) is 0 Å². The predicted molar refractivity (Wildman–Crippen MR) is 61.1 cm³/mol. The second-order valence-electron chi connectivity index (χ2n) is 3.33. The van der Waals surface area contributed by atoms with E-state index in [9.17, 15) is 13.2 Å². The second kappa shape index (κ2) is 6.15. The Morgan fingerprint density at radius 3 is 2.50 bits per heavy atom. The van der Waals surface area contributed by atoms with E-state index in [0.717, 1.165) is 6.07 Å². The number of thioether (sulfide) groups is 1. The maximum atomic E-state index is 13.5. The summed E-state index contributed by atoms with van der Waals surface area (Å²) in [7, 11) is 0. The van der Waals surface area contributed by atoms with Crippen LogP contribution in [0.2, 0.25) is 0 Å². The van der Waals surface area contributed by atoms with Crippen LogP contribution in [0.4, 0.5) is 13.2 Å². The Bertz CT molecular complexity index is 351. The first-order valence-corrected chi connectivity index (χ1v) is 6.36. The molecule has 1 unspecified atom stereocenters. The zero-order chi connectivity index (χ0) is 12.1. The molecule has 0 radical (unpaired) electrons. The third-order valence-electron chi connectivity index (χ3n) is 2.22. The van der Waals surface area contributed by atoms with Crippen molar-refractivity contribution < 1.29 is 13.2 Å². The number of halogens is 3. The Labute approximate surface area is 97.4 Å². The lowest BCUT2D eigenvalue weighted by molar-refractivity contribution is 0.431. The summed E-state index contributed by atoms with van der Waals surface area (Å²) in [6.45, 7) is 2.52. The van der Waals surface area contributed by atoms with E-state index in [0.29, 0.717) is 12.3 Å². The molecule has 0 saturated heterocycles. The molecule has 1 aromatic carbocycles. The molecule has 0 aliphatic carbocycles. The molecule has 0 fully saturated rings. The smallest absolute Gasteiger partial charge is 0.194 e. The number of rotatable bonds is 5. The van der Waals surface area contributed by atoms with Crippen LogP contribution in [-0.4, -0.2) is 18.6 Å². The van der Waals surface area contributed by atoms with Gasteiger partial charge in [-0.05, 0) is 18.9 Å². The van der Waals surface area contributed by atoms with Crippen molar-refractivity contribution in [3.8, 4) is 0 Å². The summed E-state index contributed by atoms with van der Waals surface area (Å²) in [5.74, 6) is -3.04. The highest BCUT2D eigenvalue weighted by molar-refractivity contribution is 7.98. The van der Waals surface area contributed by atoms with Gasteiger partial charge in [0.25, 0.3) is 0 Å². The van der Waals surface area contributed by atoms with Gasteiger partial charge in [0.1, 0.15) is 0 Å². The zero-order valence-corrected chi connectivity index (χ0v) is 10.0. The molecule has 1 rings (SSSR count). The van der Waals surface area contributed by atoms with Crippen LogP contribution in [0.25, 0.3) is 0 Å². The molecule has 0 heterocycles. The lowest BCUT2D eigenvalue weighted by Gasteiger charge is -2.18. The first-order valence-electron chi connectivity index (χ1n) is 4.97. The Balaban J connectivity index is 3.04. The lowest BCUT2D eigenvalue weighted by atomic mass is 10.1. The predicted octanol–water partition coefficient (Wildman–Crippen LogP) is 3.12. The fourth-order valence-corrected chi connectivity index (χ4v) is 2.11. The molecule has 0 aliphatic heterocycles. The molecule has 0 spiro atoms. The maximum Gasteiger partial charge on any atom is 0.194 e. The topological polar surface area (TPSA) is 12.0 Å². The van der Waals surface area contributed by atoms with E-state index >= 15 is 0 Å². The van der Waals surface area contributed by atoms with E-state index in [-0.39, 0.29) is 11.6 Å². The van der Waals surface area contributed by atoms with Gasteiger partial charge < -0.3 is 5.32 Å². The van der Waals surface area contributed by atoms with E-state index in [4.69, 9.17) is 0 Å². The molecule has 0 bridgehead atoms. The summed E-state index contributed by atoms with van der Waals surface area (Å²) in [5, 5.41) is 3.04. The third-order valence-corrected chi connectivity index (χ3v) is 2.89. The van der Waals surface area contributed by atoms with Crippen molar-refractivity contribution in [1.82, 2.24) is 5.32 Å². The van der Waals surface area contributed by atoms with Crippen LogP contribution in [-0.2, 0) is 0 Å². The van der Waals surface area contributed by atoms with Crippen molar-refractivity contribution in [1.29, 1.82) is 0 Å². The summed E-state index contributed by atoms with van der Waals surface area (Å²) in [5.41, 5.74) is 0.176. The number of hydrogen-bond acceptors (Lipinski definition) is 2. The molecular weight excluding hydrogens is 235 g/mol. The van der Waals surface area contributed by atoms with Gasteiger partial charge in [-0.1, -0.05) is 13.0 Å². The molecule has 0 aromatic heterocycles. The summed E-state index contributed by atoms with van der Waals surface area (Å²) in [4.78, 5) is 0. The van der Waals surface area contributed by atoms with Gasteiger partial charge in [0.15, 0.2) is 17.5 Å². The van der Waals surface area contributed by atoms with Crippen LogP contribution in [0.3, 0.4) is 0 Å². The number of benzene rings is 1. The first kappa shape index (κ1) is 13.4. The van der Waals surface area contributed by atoms with Crippen molar-refractivity contribution in [2.75, 3.05) is 18.6 Å². The van der Waals surface area contributed by atoms with Gasteiger partial charge >= 0.3 is 0 Å². The molecule has 1 atom stereocenters. The van der Waals surface area contributed by atoms with E-state index in [2.05, 4.69) is 5.32 Å². The van der Waals surface area contributed by atoms with Gasteiger partial charge in [-0.15, -0.1) is 0 Å². The largest absolute Gasteiger partial charge is 0.309 e. The van der Waals surface area contributed by atoms with E-state index in [1.165, 1.54) is 17.8 Å². The van der Waals surface area contributed by atoms with Gasteiger partial charge in [0, 0.05) is 17.4 Å². The average molecular weight is 249 g/mol. The quantitative estimate of drug-likeness (QED) is 0.805. The average Bonchev–Trinajstić information content (AvgIpc) is 2.26. The summed E-state index contributed by atoms with van der Waals surface area (Å²) >= 11 is 1.52. The summed E-state index contributed by atoms with van der Waals surface area (Å²) < 4.78 is 39.3. The molecular formula is C11H14F3NS. The van der Waals surface area contributed by atoms with Crippen LogP contribution in [0, 0.1) is 17.5 Å². The van der Waals surface area contributed by atoms with Crippen LogP contribution in [0.5, 0.6) is 0 Å². The molecule has 0 amide bonds. The van der Waals surface area contributed by atoms with Gasteiger partial charge in [0.2, 0.25) is 0 Å². The highest BCUT2D eigenvalue weighted by atomic mass is 32.2. The van der Waals surface area contributed by atoms with Crippen molar-refractivity contribution in [3.05, 3.63) is 35.1 Å². The third kappa shape index (κ3) is 2.92. The number of hydrogen-bond donors (Lipinski definition) is 1. The molecule has 16 heavy (non-hydrogen) atoms. The molecule has 1 aromatic rings. The van der Waals surface area contributed by atoms with Crippen molar-refractivity contribution >= 4 is 11.8 Å². The molecule has 5 heteroatoms.